The molecule has 0 heterocycles. The Kier molecular flexibility index (Phi) is 7.35. The Morgan fingerprint density at radius 2 is 1.86 bits per heavy atom. The number of nitrogens with one attached hydrogen (secondary N) is 3. The largest absolute Gasteiger partial charge is 0.338 e. The molecule has 3 amide bonds. The average Bonchev–Trinajstić information content (AvgIpc) is 2.44. The number of amides is 3. The second-order valence-corrected chi connectivity index (χ2v) is 6.19. The first kappa shape index (κ1) is 18.5. The third kappa shape index (κ3) is 6.45. The van der Waals surface area contributed by atoms with Gasteiger partial charge in [-0.1, -0.05) is 37.6 Å². The topological polar surface area (TPSA) is 70.2 Å². The molecule has 0 aromatic heterocycles. The molecule has 0 aliphatic heterocycles. The smallest absolute Gasteiger partial charge is 0.321 e. The first-order valence-electron chi connectivity index (χ1n) is 7.39. The summed E-state index contributed by atoms with van der Waals surface area (Å²) in [5, 5.41) is 8.76. The summed E-state index contributed by atoms with van der Waals surface area (Å²) in [5.41, 5.74) is 0.983. The number of carbonyl (C=O) groups is 2. The number of benzene rings is 1. The second-order valence-electron chi connectivity index (χ2n) is 5.76. The summed E-state index contributed by atoms with van der Waals surface area (Å²) in [7, 11) is 0. The molecule has 2 atom stereocenters. The van der Waals surface area contributed by atoms with Crippen molar-refractivity contribution in [1.82, 2.24) is 16.0 Å². The molecule has 3 N–H and O–H groups in total. The van der Waals surface area contributed by atoms with E-state index in [4.69, 9.17) is 11.6 Å². The first-order valence-corrected chi connectivity index (χ1v) is 7.77. The van der Waals surface area contributed by atoms with Crippen LogP contribution >= 0.6 is 11.6 Å². The molecule has 1 aromatic carbocycles. The molecule has 0 aliphatic carbocycles. The van der Waals surface area contributed by atoms with Crippen LogP contribution in [-0.2, 0) is 4.79 Å². The van der Waals surface area contributed by atoms with Crippen molar-refractivity contribution in [2.45, 2.75) is 39.8 Å². The van der Waals surface area contributed by atoms with E-state index in [-0.39, 0.29) is 11.9 Å². The molecule has 6 heteroatoms. The molecule has 0 saturated carbocycles. The number of urea groups is 1. The van der Waals surface area contributed by atoms with Gasteiger partial charge in [-0.25, -0.2) is 4.79 Å². The minimum absolute atomic E-state index is 0.0572. The highest BCUT2D eigenvalue weighted by atomic mass is 35.5. The fourth-order valence-electron chi connectivity index (χ4n) is 1.88. The lowest BCUT2D eigenvalue weighted by molar-refractivity contribution is -0.121. The van der Waals surface area contributed by atoms with Crippen molar-refractivity contribution >= 4 is 23.5 Å². The maximum absolute atomic E-state index is 12.0. The van der Waals surface area contributed by atoms with Crippen LogP contribution in [0.25, 0.3) is 0 Å². The Morgan fingerprint density at radius 3 is 2.45 bits per heavy atom. The summed E-state index contributed by atoms with van der Waals surface area (Å²) in [6, 6.07) is 6.41. The maximum Gasteiger partial charge on any atom is 0.321 e. The predicted octanol–water partition coefficient (Wildman–Crippen LogP) is 2.86. The Labute approximate surface area is 136 Å². The SMILES string of the molecule is CC(C)CNC(=O)NC(=O)C(C)NC(C)c1cccc(Cl)c1. The highest BCUT2D eigenvalue weighted by Gasteiger charge is 2.18. The summed E-state index contributed by atoms with van der Waals surface area (Å²) in [4.78, 5) is 23.5. The van der Waals surface area contributed by atoms with E-state index in [9.17, 15) is 9.59 Å². The van der Waals surface area contributed by atoms with E-state index >= 15 is 0 Å². The van der Waals surface area contributed by atoms with Crippen molar-refractivity contribution in [1.29, 1.82) is 0 Å². The van der Waals surface area contributed by atoms with Crippen molar-refractivity contribution in [3.63, 3.8) is 0 Å². The molecule has 0 fully saturated rings. The van der Waals surface area contributed by atoms with E-state index in [1.54, 1.807) is 13.0 Å². The van der Waals surface area contributed by atoms with E-state index in [1.165, 1.54) is 0 Å². The Hall–Kier alpha value is -1.59. The van der Waals surface area contributed by atoms with Crippen LogP contribution in [0, 0.1) is 5.92 Å². The predicted molar refractivity (Wildman–Crippen MR) is 88.8 cm³/mol. The van der Waals surface area contributed by atoms with E-state index < -0.39 is 12.1 Å². The molecule has 122 valence electrons. The third-order valence-electron chi connectivity index (χ3n) is 3.15. The molecular weight excluding hydrogens is 302 g/mol. The Balaban J connectivity index is 2.48. The van der Waals surface area contributed by atoms with Crippen molar-refractivity contribution in [3.05, 3.63) is 34.9 Å². The number of hydrogen-bond donors (Lipinski definition) is 3. The van der Waals surface area contributed by atoms with Crippen LogP contribution < -0.4 is 16.0 Å². The Morgan fingerprint density at radius 1 is 1.18 bits per heavy atom. The molecule has 0 radical (unpaired) electrons. The van der Waals surface area contributed by atoms with Gasteiger partial charge in [-0.05, 0) is 37.5 Å². The first-order chi connectivity index (χ1) is 10.3. The molecule has 0 bridgehead atoms. The normalized spacial score (nSPS) is 13.5. The molecule has 0 saturated heterocycles. The third-order valence-corrected chi connectivity index (χ3v) is 3.38. The number of halogens is 1. The summed E-state index contributed by atoms with van der Waals surface area (Å²) in [6.45, 7) is 8.15. The molecule has 1 aromatic rings. The number of rotatable bonds is 6. The summed E-state index contributed by atoms with van der Waals surface area (Å²) in [5.74, 6) is -0.0330. The fraction of sp³-hybridized carbons (Fsp3) is 0.500. The van der Waals surface area contributed by atoms with E-state index in [2.05, 4.69) is 16.0 Å². The monoisotopic (exact) mass is 325 g/mol. The van der Waals surface area contributed by atoms with Gasteiger partial charge in [-0.3, -0.25) is 15.4 Å². The van der Waals surface area contributed by atoms with E-state index in [0.29, 0.717) is 17.5 Å². The zero-order valence-corrected chi connectivity index (χ0v) is 14.2. The minimum atomic E-state index is -0.501. The molecule has 2 unspecified atom stereocenters. The van der Waals surface area contributed by atoms with Gasteiger partial charge in [-0.15, -0.1) is 0 Å². The number of hydrogen-bond acceptors (Lipinski definition) is 3. The molecule has 1 rings (SSSR count). The fourth-order valence-corrected chi connectivity index (χ4v) is 2.08. The lowest BCUT2D eigenvalue weighted by Crippen LogP contribution is -2.49. The number of carbonyl (C=O) groups excluding carboxylic acids is 2. The quantitative estimate of drug-likeness (QED) is 0.753. The van der Waals surface area contributed by atoms with E-state index in [0.717, 1.165) is 5.56 Å². The van der Waals surface area contributed by atoms with Gasteiger partial charge >= 0.3 is 6.03 Å². The van der Waals surface area contributed by atoms with Gasteiger partial charge in [0, 0.05) is 17.6 Å². The molecule has 0 spiro atoms. The lowest BCUT2D eigenvalue weighted by Gasteiger charge is -2.20. The maximum atomic E-state index is 12.0. The zero-order valence-electron chi connectivity index (χ0n) is 13.4. The number of imide groups is 1. The Bertz CT molecular complexity index is 520. The second kappa shape index (κ2) is 8.76. The van der Waals surface area contributed by atoms with Crippen molar-refractivity contribution in [2.24, 2.45) is 5.92 Å². The van der Waals surface area contributed by atoms with Crippen molar-refractivity contribution in [2.75, 3.05) is 6.54 Å². The van der Waals surface area contributed by atoms with Crippen LogP contribution in [0.15, 0.2) is 24.3 Å². The molecule has 22 heavy (non-hydrogen) atoms. The van der Waals surface area contributed by atoms with Crippen LogP contribution in [0.3, 0.4) is 0 Å². The van der Waals surface area contributed by atoms with Crippen LogP contribution in [0.1, 0.15) is 39.3 Å². The van der Waals surface area contributed by atoms with E-state index in [1.807, 2.05) is 39.0 Å². The molecular formula is C16H24ClN3O2. The van der Waals surface area contributed by atoms with Gasteiger partial charge in [0.1, 0.15) is 0 Å². The van der Waals surface area contributed by atoms with Crippen LogP contribution in [-0.4, -0.2) is 24.5 Å². The van der Waals surface area contributed by atoms with Crippen LogP contribution in [0.2, 0.25) is 5.02 Å². The average molecular weight is 326 g/mol. The van der Waals surface area contributed by atoms with Crippen LogP contribution in [0.5, 0.6) is 0 Å². The summed E-state index contributed by atoms with van der Waals surface area (Å²) < 4.78 is 0. The van der Waals surface area contributed by atoms with Gasteiger partial charge in [-0.2, -0.15) is 0 Å². The van der Waals surface area contributed by atoms with Gasteiger partial charge < -0.3 is 5.32 Å². The van der Waals surface area contributed by atoms with Crippen molar-refractivity contribution < 1.29 is 9.59 Å². The highest BCUT2D eigenvalue weighted by Crippen LogP contribution is 2.17. The van der Waals surface area contributed by atoms with Crippen LogP contribution in [0.4, 0.5) is 4.79 Å². The van der Waals surface area contributed by atoms with Gasteiger partial charge in [0.15, 0.2) is 0 Å². The van der Waals surface area contributed by atoms with Crippen molar-refractivity contribution in [3.8, 4) is 0 Å². The van der Waals surface area contributed by atoms with Gasteiger partial charge in [0.2, 0.25) is 5.91 Å². The molecule has 5 nitrogen and oxygen atoms in total. The summed E-state index contributed by atoms with van der Waals surface area (Å²) in [6.07, 6.45) is 0. The van der Waals surface area contributed by atoms with Gasteiger partial charge in [0.25, 0.3) is 0 Å². The lowest BCUT2D eigenvalue weighted by atomic mass is 10.1. The van der Waals surface area contributed by atoms with Gasteiger partial charge in [0.05, 0.1) is 6.04 Å². The molecule has 0 aliphatic rings. The standard InChI is InChI=1S/C16H24ClN3O2/c1-10(2)9-18-16(22)20-15(21)12(4)19-11(3)13-6-5-7-14(17)8-13/h5-8,10-12,19H,9H2,1-4H3,(H2,18,20,21,22). The zero-order chi connectivity index (χ0) is 16.7. The minimum Gasteiger partial charge on any atom is -0.338 e. The summed E-state index contributed by atoms with van der Waals surface area (Å²) >= 11 is 5.96. The highest BCUT2D eigenvalue weighted by molar-refractivity contribution is 6.30.